The van der Waals surface area contributed by atoms with Gasteiger partial charge in [0.25, 0.3) is 0 Å². The number of primary sulfonamides is 1. The summed E-state index contributed by atoms with van der Waals surface area (Å²) in [5.74, 6) is 0.125. The third-order valence-corrected chi connectivity index (χ3v) is 4.42. The Kier molecular flexibility index (Phi) is 5.74. The molecule has 0 spiro atoms. The Morgan fingerprint density at radius 3 is 2.79 bits per heavy atom. The number of hydrogen-bond donors (Lipinski definition) is 1. The number of ether oxygens (including phenoxy) is 1. The summed E-state index contributed by atoms with van der Waals surface area (Å²) >= 11 is 0. The van der Waals surface area contributed by atoms with E-state index in [2.05, 4.69) is 11.9 Å². The van der Waals surface area contributed by atoms with Gasteiger partial charge in [-0.2, -0.15) is 0 Å². The monoisotopic (exact) mass is 351 g/mol. The number of sulfonamides is 1. The molecule has 0 aliphatic carbocycles. The van der Waals surface area contributed by atoms with E-state index < -0.39 is 16.0 Å². The molecule has 0 saturated heterocycles. The predicted octanol–water partition coefficient (Wildman–Crippen LogP) is 2.10. The van der Waals surface area contributed by atoms with Gasteiger partial charge in [-0.3, -0.25) is 0 Å². The average molecular weight is 351 g/mol. The summed E-state index contributed by atoms with van der Waals surface area (Å²) in [6.45, 7) is 4.53. The minimum absolute atomic E-state index is 0.00704. The molecule has 8 heteroatoms. The van der Waals surface area contributed by atoms with Gasteiger partial charge in [0.05, 0.1) is 15.9 Å². The van der Waals surface area contributed by atoms with Crippen molar-refractivity contribution in [2.45, 2.75) is 44.7 Å². The zero-order valence-electron chi connectivity index (χ0n) is 13.7. The number of nitrogens with two attached hydrogens (primary N) is 1. The summed E-state index contributed by atoms with van der Waals surface area (Å²) in [4.78, 5) is 15.9. The molecule has 0 saturated carbocycles. The Bertz CT molecular complexity index is 869. The lowest BCUT2D eigenvalue weighted by molar-refractivity contribution is -0.139. The van der Waals surface area contributed by atoms with Gasteiger partial charge in [-0.15, -0.1) is 0 Å². The van der Waals surface area contributed by atoms with E-state index in [1.807, 2.05) is 4.57 Å². The molecule has 1 heterocycles. The number of imidazole rings is 1. The SMILES string of the molecule is CC=CC(=O)OCc1nc2cc(S(N)(=O)=O)ccc2n1CCCC. The van der Waals surface area contributed by atoms with Gasteiger partial charge in [0.15, 0.2) is 0 Å². The molecule has 0 unspecified atom stereocenters. The van der Waals surface area contributed by atoms with Crippen LogP contribution in [0.15, 0.2) is 35.2 Å². The number of allylic oxidation sites excluding steroid dienone is 1. The van der Waals surface area contributed by atoms with Crippen LogP contribution in [0, 0.1) is 0 Å². The van der Waals surface area contributed by atoms with Crippen molar-refractivity contribution in [3.05, 3.63) is 36.2 Å². The van der Waals surface area contributed by atoms with Gasteiger partial charge >= 0.3 is 5.97 Å². The molecule has 24 heavy (non-hydrogen) atoms. The fraction of sp³-hybridized carbons (Fsp3) is 0.375. The first-order valence-electron chi connectivity index (χ1n) is 7.68. The number of rotatable bonds is 7. The largest absolute Gasteiger partial charge is 0.454 e. The molecule has 0 aliphatic rings. The number of esters is 1. The van der Waals surface area contributed by atoms with Gasteiger partial charge < -0.3 is 9.30 Å². The second kappa shape index (κ2) is 7.59. The highest BCUT2D eigenvalue weighted by atomic mass is 32.2. The van der Waals surface area contributed by atoms with Gasteiger partial charge in [0.1, 0.15) is 12.4 Å². The van der Waals surface area contributed by atoms with Crippen LogP contribution >= 0.6 is 0 Å². The maximum atomic E-state index is 11.5. The van der Waals surface area contributed by atoms with E-state index >= 15 is 0 Å². The summed E-state index contributed by atoms with van der Waals surface area (Å²) in [5, 5.41) is 5.17. The third-order valence-electron chi connectivity index (χ3n) is 3.51. The average Bonchev–Trinajstić information content (AvgIpc) is 2.87. The molecule has 0 atom stereocenters. The highest BCUT2D eigenvalue weighted by Gasteiger charge is 2.15. The molecule has 2 N–H and O–H groups in total. The molecule has 1 aromatic heterocycles. The minimum atomic E-state index is -3.79. The molecule has 2 aromatic rings. The maximum absolute atomic E-state index is 11.5. The van der Waals surface area contributed by atoms with Crippen LogP contribution in [0.2, 0.25) is 0 Å². The lowest BCUT2D eigenvalue weighted by Crippen LogP contribution is -2.11. The van der Waals surface area contributed by atoms with Crippen LogP contribution in [-0.2, 0) is 32.7 Å². The molecular weight excluding hydrogens is 330 g/mol. The van der Waals surface area contributed by atoms with Crippen LogP contribution in [-0.4, -0.2) is 23.9 Å². The highest BCUT2D eigenvalue weighted by Crippen LogP contribution is 2.21. The van der Waals surface area contributed by atoms with Crippen molar-refractivity contribution in [3.8, 4) is 0 Å². The van der Waals surface area contributed by atoms with E-state index in [0.717, 1.165) is 18.4 Å². The molecular formula is C16H21N3O4S. The Labute approximate surface area is 141 Å². The van der Waals surface area contributed by atoms with E-state index in [-0.39, 0.29) is 11.5 Å². The van der Waals surface area contributed by atoms with Crippen molar-refractivity contribution in [1.82, 2.24) is 9.55 Å². The quantitative estimate of drug-likeness (QED) is 0.607. The van der Waals surface area contributed by atoms with Crippen LogP contribution < -0.4 is 5.14 Å². The predicted molar refractivity (Wildman–Crippen MR) is 90.6 cm³/mol. The van der Waals surface area contributed by atoms with E-state index in [1.165, 1.54) is 18.2 Å². The number of aromatic nitrogens is 2. The fourth-order valence-electron chi connectivity index (χ4n) is 2.33. The number of carbonyl (C=O) groups is 1. The van der Waals surface area contributed by atoms with E-state index in [1.54, 1.807) is 19.1 Å². The number of benzene rings is 1. The van der Waals surface area contributed by atoms with Gasteiger partial charge in [-0.05, 0) is 31.5 Å². The normalized spacial score (nSPS) is 12.1. The van der Waals surface area contributed by atoms with Crippen molar-refractivity contribution >= 4 is 27.0 Å². The second-order valence-corrected chi connectivity index (χ2v) is 6.90. The van der Waals surface area contributed by atoms with Crippen molar-refractivity contribution in [3.63, 3.8) is 0 Å². The first kappa shape index (κ1) is 18.2. The van der Waals surface area contributed by atoms with Crippen molar-refractivity contribution in [2.24, 2.45) is 5.14 Å². The van der Waals surface area contributed by atoms with E-state index in [9.17, 15) is 13.2 Å². The van der Waals surface area contributed by atoms with Crippen LogP contribution in [0.4, 0.5) is 0 Å². The van der Waals surface area contributed by atoms with Crippen LogP contribution in [0.1, 0.15) is 32.5 Å². The Balaban J connectivity index is 2.41. The topological polar surface area (TPSA) is 104 Å². The molecule has 0 fully saturated rings. The van der Waals surface area contributed by atoms with Crippen molar-refractivity contribution < 1.29 is 17.9 Å². The second-order valence-electron chi connectivity index (χ2n) is 5.34. The maximum Gasteiger partial charge on any atom is 0.330 e. The minimum Gasteiger partial charge on any atom is -0.454 e. The summed E-state index contributed by atoms with van der Waals surface area (Å²) in [6, 6.07) is 4.57. The van der Waals surface area contributed by atoms with Crippen LogP contribution in [0.25, 0.3) is 11.0 Å². The standard InChI is InChI=1S/C16H21N3O4S/c1-3-5-9-19-14-8-7-12(24(17,21)22)10-13(14)18-15(19)11-23-16(20)6-4-2/h4,6-8,10H,3,5,9,11H2,1-2H3,(H2,17,21,22). The highest BCUT2D eigenvalue weighted by molar-refractivity contribution is 7.89. The zero-order valence-corrected chi connectivity index (χ0v) is 14.5. The molecule has 0 radical (unpaired) electrons. The van der Waals surface area contributed by atoms with E-state index in [4.69, 9.17) is 9.88 Å². The number of aryl methyl sites for hydroxylation is 1. The van der Waals surface area contributed by atoms with Crippen LogP contribution in [0.3, 0.4) is 0 Å². The fourth-order valence-corrected chi connectivity index (χ4v) is 2.87. The van der Waals surface area contributed by atoms with Gasteiger partial charge in [-0.25, -0.2) is 23.3 Å². The number of unbranched alkanes of at least 4 members (excludes halogenated alkanes) is 1. The summed E-state index contributed by atoms with van der Waals surface area (Å²) in [5.41, 5.74) is 1.29. The first-order chi connectivity index (χ1) is 11.4. The van der Waals surface area contributed by atoms with Gasteiger partial charge in [0, 0.05) is 12.6 Å². The molecule has 7 nitrogen and oxygen atoms in total. The number of nitrogens with zero attached hydrogens (tertiary/aromatic N) is 2. The first-order valence-corrected chi connectivity index (χ1v) is 9.23. The Morgan fingerprint density at radius 2 is 2.17 bits per heavy atom. The number of hydrogen-bond acceptors (Lipinski definition) is 5. The molecule has 2 rings (SSSR count). The molecule has 0 bridgehead atoms. The number of fused-ring (bicyclic) bond motifs is 1. The smallest absolute Gasteiger partial charge is 0.330 e. The zero-order chi connectivity index (χ0) is 17.7. The molecule has 130 valence electrons. The Hall–Kier alpha value is -2.19. The van der Waals surface area contributed by atoms with Crippen molar-refractivity contribution in [1.29, 1.82) is 0 Å². The number of carbonyl (C=O) groups excluding carboxylic acids is 1. The van der Waals surface area contributed by atoms with Gasteiger partial charge in [-0.1, -0.05) is 19.4 Å². The Morgan fingerprint density at radius 1 is 1.42 bits per heavy atom. The summed E-state index contributed by atoms with van der Waals surface area (Å²) < 4.78 is 30.1. The molecule has 0 aliphatic heterocycles. The van der Waals surface area contributed by atoms with Crippen LogP contribution in [0.5, 0.6) is 0 Å². The lowest BCUT2D eigenvalue weighted by atomic mass is 10.3. The third kappa shape index (κ3) is 4.21. The summed E-state index contributed by atoms with van der Waals surface area (Å²) in [6.07, 6.45) is 4.85. The molecule has 0 amide bonds. The van der Waals surface area contributed by atoms with Crippen molar-refractivity contribution in [2.75, 3.05) is 0 Å². The van der Waals surface area contributed by atoms with E-state index in [0.29, 0.717) is 17.9 Å². The molecule has 1 aromatic carbocycles. The van der Waals surface area contributed by atoms with Gasteiger partial charge in [0.2, 0.25) is 10.0 Å². The summed E-state index contributed by atoms with van der Waals surface area (Å²) in [7, 11) is -3.79. The lowest BCUT2D eigenvalue weighted by Gasteiger charge is -2.08.